The SMILES string of the molecule is CN(C)c1nc(C(=O)N2CCCC2CNc2ncc(Br)cn2)c(-c2ccc(F)cc2)s1. The molecule has 31 heavy (non-hydrogen) atoms. The summed E-state index contributed by atoms with van der Waals surface area (Å²) in [5, 5.41) is 3.96. The molecule has 162 valence electrons. The number of carbonyl (C=O) groups excluding carboxylic acids is 1. The Balaban J connectivity index is 1.57. The maximum absolute atomic E-state index is 13.5. The van der Waals surface area contributed by atoms with Gasteiger partial charge in [-0.15, -0.1) is 0 Å². The molecule has 2 aromatic heterocycles. The van der Waals surface area contributed by atoms with Crippen LogP contribution in [0.3, 0.4) is 0 Å². The maximum Gasteiger partial charge on any atom is 0.274 e. The summed E-state index contributed by atoms with van der Waals surface area (Å²) in [5.41, 5.74) is 1.19. The van der Waals surface area contributed by atoms with Crippen molar-refractivity contribution in [2.24, 2.45) is 0 Å². The quantitative estimate of drug-likeness (QED) is 0.539. The third-order valence-electron chi connectivity index (χ3n) is 5.06. The summed E-state index contributed by atoms with van der Waals surface area (Å²) in [6.45, 7) is 1.23. The first kappa shape index (κ1) is 21.6. The zero-order valence-corrected chi connectivity index (χ0v) is 19.6. The van der Waals surface area contributed by atoms with Gasteiger partial charge in [0.1, 0.15) is 11.5 Å². The van der Waals surface area contributed by atoms with Gasteiger partial charge < -0.3 is 15.1 Å². The highest BCUT2D eigenvalue weighted by molar-refractivity contribution is 9.10. The fraction of sp³-hybridized carbons (Fsp3) is 0.333. The van der Waals surface area contributed by atoms with E-state index in [-0.39, 0.29) is 17.8 Å². The van der Waals surface area contributed by atoms with Gasteiger partial charge in [0, 0.05) is 45.6 Å². The Morgan fingerprint density at radius 1 is 1.29 bits per heavy atom. The summed E-state index contributed by atoms with van der Waals surface area (Å²) < 4.78 is 14.2. The second kappa shape index (κ2) is 9.27. The van der Waals surface area contributed by atoms with Crippen LogP contribution in [0.15, 0.2) is 41.1 Å². The van der Waals surface area contributed by atoms with Crippen LogP contribution < -0.4 is 10.2 Å². The van der Waals surface area contributed by atoms with E-state index in [4.69, 9.17) is 0 Å². The van der Waals surface area contributed by atoms with Gasteiger partial charge in [-0.2, -0.15) is 0 Å². The Hall–Kier alpha value is -2.59. The number of amides is 1. The van der Waals surface area contributed by atoms with E-state index < -0.39 is 0 Å². The molecular formula is C21H22BrFN6OS. The molecule has 0 radical (unpaired) electrons. The van der Waals surface area contributed by atoms with E-state index in [2.05, 4.69) is 36.2 Å². The van der Waals surface area contributed by atoms with E-state index in [9.17, 15) is 9.18 Å². The molecule has 3 aromatic rings. The monoisotopic (exact) mass is 504 g/mol. The van der Waals surface area contributed by atoms with Crippen molar-refractivity contribution in [1.29, 1.82) is 0 Å². The number of nitrogens with zero attached hydrogens (tertiary/aromatic N) is 5. The number of rotatable bonds is 6. The molecular weight excluding hydrogens is 483 g/mol. The molecule has 1 atom stereocenters. The molecule has 1 aromatic carbocycles. The van der Waals surface area contributed by atoms with Gasteiger partial charge in [-0.25, -0.2) is 19.3 Å². The number of benzene rings is 1. The van der Waals surface area contributed by atoms with Gasteiger partial charge in [-0.05, 0) is 46.5 Å². The van der Waals surface area contributed by atoms with Crippen LogP contribution in [0.4, 0.5) is 15.5 Å². The van der Waals surface area contributed by atoms with E-state index in [0.717, 1.165) is 32.9 Å². The summed E-state index contributed by atoms with van der Waals surface area (Å²) in [6, 6.07) is 6.20. The number of hydrogen-bond donors (Lipinski definition) is 1. The lowest BCUT2D eigenvalue weighted by atomic mass is 10.1. The van der Waals surface area contributed by atoms with Crippen molar-refractivity contribution in [1.82, 2.24) is 19.9 Å². The maximum atomic E-state index is 13.5. The minimum atomic E-state index is -0.310. The van der Waals surface area contributed by atoms with Crippen LogP contribution in [0.1, 0.15) is 23.3 Å². The van der Waals surface area contributed by atoms with Crippen LogP contribution >= 0.6 is 27.3 Å². The van der Waals surface area contributed by atoms with E-state index in [1.54, 1.807) is 24.5 Å². The molecule has 1 aliphatic rings. The zero-order chi connectivity index (χ0) is 22.0. The van der Waals surface area contributed by atoms with Gasteiger partial charge in [-0.3, -0.25) is 4.79 Å². The first-order chi connectivity index (χ1) is 14.9. The lowest BCUT2D eigenvalue weighted by molar-refractivity contribution is 0.0739. The van der Waals surface area contributed by atoms with Crippen molar-refractivity contribution in [2.75, 3.05) is 37.4 Å². The molecule has 1 unspecified atom stereocenters. The average molecular weight is 505 g/mol. The third kappa shape index (κ3) is 4.85. The van der Waals surface area contributed by atoms with Crippen molar-refractivity contribution in [2.45, 2.75) is 18.9 Å². The Bertz CT molecular complexity index is 1060. The van der Waals surface area contributed by atoms with Gasteiger partial charge in [0.15, 0.2) is 5.13 Å². The molecule has 10 heteroatoms. The lowest BCUT2D eigenvalue weighted by Crippen LogP contribution is -2.40. The number of carbonyl (C=O) groups is 1. The van der Waals surface area contributed by atoms with Crippen LogP contribution in [0.25, 0.3) is 10.4 Å². The number of nitrogens with one attached hydrogen (secondary N) is 1. The Kier molecular flexibility index (Phi) is 6.47. The smallest absolute Gasteiger partial charge is 0.274 e. The molecule has 1 amide bonds. The Morgan fingerprint density at radius 3 is 2.68 bits per heavy atom. The molecule has 4 rings (SSSR count). The van der Waals surface area contributed by atoms with Crippen LogP contribution in [0.2, 0.25) is 0 Å². The second-order valence-corrected chi connectivity index (χ2v) is 9.37. The van der Waals surface area contributed by atoms with Gasteiger partial charge in [0.25, 0.3) is 5.91 Å². The molecule has 1 aliphatic heterocycles. The number of aromatic nitrogens is 3. The largest absolute Gasteiger partial charge is 0.354 e. The molecule has 0 saturated carbocycles. The van der Waals surface area contributed by atoms with E-state index in [0.29, 0.717) is 24.7 Å². The highest BCUT2D eigenvalue weighted by Gasteiger charge is 2.33. The van der Waals surface area contributed by atoms with E-state index >= 15 is 0 Å². The lowest BCUT2D eigenvalue weighted by Gasteiger charge is -2.24. The van der Waals surface area contributed by atoms with Crippen LogP contribution in [0.5, 0.6) is 0 Å². The summed E-state index contributed by atoms with van der Waals surface area (Å²) >= 11 is 4.75. The summed E-state index contributed by atoms with van der Waals surface area (Å²) in [6.07, 6.45) is 5.18. The Labute approximate surface area is 192 Å². The fourth-order valence-corrected chi connectivity index (χ4v) is 4.70. The van der Waals surface area contributed by atoms with E-state index in [1.807, 2.05) is 23.9 Å². The van der Waals surface area contributed by atoms with Gasteiger partial charge >= 0.3 is 0 Å². The molecule has 0 aliphatic carbocycles. The number of likely N-dealkylation sites (tertiary alicyclic amines) is 1. The molecule has 1 N–H and O–H groups in total. The van der Waals surface area contributed by atoms with Crippen molar-refractivity contribution in [3.05, 3.63) is 52.6 Å². The molecule has 1 saturated heterocycles. The van der Waals surface area contributed by atoms with Gasteiger partial charge in [0.05, 0.1) is 9.35 Å². The van der Waals surface area contributed by atoms with Crippen LogP contribution in [-0.4, -0.2) is 59.0 Å². The molecule has 1 fully saturated rings. The molecule has 0 spiro atoms. The molecule has 3 heterocycles. The first-order valence-corrected chi connectivity index (χ1v) is 11.5. The van der Waals surface area contributed by atoms with Crippen LogP contribution in [0, 0.1) is 5.82 Å². The molecule has 7 nitrogen and oxygen atoms in total. The highest BCUT2D eigenvalue weighted by Crippen LogP contribution is 2.36. The summed E-state index contributed by atoms with van der Waals surface area (Å²) in [7, 11) is 3.78. The number of halogens is 2. The topological polar surface area (TPSA) is 74.2 Å². The fourth-order valence-electron chi connectivity index (χ4n) is 3.51. The number of thiazole rings is 1. The number of anilines is 2. The standard InChI is InChI=1S/C21H22BrFN6OS/c1-28(2)21-27-17(18(31-21)13-5-7-15(23)8-6-13)19(30)29-9-3-4-16(29)12-26-20-24-10-14(22)11-25-20/h5-8,10-11,16H,3-4,9,12H2,1-2H3,(H,24,25,26). The predicted octanol–water partition coefficient (Wildman–Crippen LogP) is 4.28. The van der Waals surface area contributed by atoms with Gasteiger partial charge in [0.2, 0.25) is 5.95 Å². The third-order valence-corrected chi connectivity index (χ3v) is 6.74. The summed E-state index contributed by atoms with van der Waals surface area (Å²) in [4.78, 5) is 31.1. The predicted molar refractivity (Wildman–Crippen MR) is 124 cm³/mol. The van der Waals surface area contributed by atoms with Crippen molar-refractivity contribution >= 4 is 44.3 Å². The van der Waals surface area contributed by atoms with Crippen molar-refractivity contribution in [3.63, 3.8) is 0 Å². The molecule has 0 bridgehead atoms. The number of hydrogen-bond acceptors (Lipinski definition) is 7. The van der Waals surface area contributed by atoms with Crippen LogP contribution in [-0.2, 0) is 0 Å². The normalized spacial score (nSPS) is 15.9. The van der Waals surface area contributed by atoms with Crippen molar-refractivity contribution < 1.29 is 9.18 Å². The average Bonchev–Trinajstić information content (AvgIpc) is 3.41. The van der Waals surface area contributed by atoms with E-state index in [1.165, 1.54) is 23.5 Å². The Morgan fingerprint density at radius 2 is 2.00 bits per heavy atom. The minimum Gasteiger partial charge on any atom is -0.354 e. The van der Waals surface area contributed by atoms with Crippen molar-refractivity contribution in [3.8, 4) is 10.4 Å². The minimum absolute atomic E-state index is 0.0188. The second-order valence-electron chi connectivity index (χ2n) is 7.48. The van der Waals surface area contributed by atoms with Gasteiger partial charge in [-0.1, -0.05) is 23.5 Å². The first-order valence-electron chi connectivity index (χ1n) is 9.89. The summed E-state index contributed by atoms with van der Waals surface area (Å²) in [5.74, 6) is 0.109. The highest BCUT2D eigenvalue weighted by atomic mass is 79.9. The zero-order valence-electron chi connectivity index (χ0n) is 17.2.